The molecule has 0 aliphatic heterocycles. The molecule has 1 aliphatic carbocycles. The molecule has 6 atom stereocenters. The summed E-state index contributed by atoms with van der Waals surface area (Å²) < 4.78 is 104. The summed E-state index contributed by atoms with van der Waals surface area (Å²) in [5, 5.41) is 21.6. The molecule has 0 amide bonds. The highest BCUT2D eigenvalue weighted by Crippen LogP contribution is 2.35. The van der Waals surface area contributed by atoms with Crippen molar-refractivity contribution >= 4 is 31.2 Å². The zero-order valence-electron chi connectivity index (χ0n) is 12.4. The van der Waals surface area contributed by atoms with Gasteiger partial charge in [0.25, 0.3) is 0 Å². The van der Waals surface area contributed by atoms with Crippen molar-refractivity contribution < 1.29 is 71.8 Å². The van der Waals surface area contributed by atoms with Crippen LogP contribution in [0.3, 0.4) is 0 Å². The highest BCUT2D eigenvalue weighted by Gasteiger charge is 2.56. The molecule has 1 aliphatic rings. The number of hydrogen-bond donors (Lipinski definition) is 5. The van der Waals surface area contributed by atoms with E-state index in [1.165, 1.54) is 0 Å². The summed E-state index contributed by atoms with van der Waals surface area (Å²) in [6.07, 6.45) is -11.1. The smallest absolute Gasteiger partial charge is 0.387 e. The first-order valence-electron chi connectivity index (χ1n) is 6.18. The van der Waals surface area contributed by atoms with E-state index in [0.717, 1.165) is 6.92 Å². The topological polar surface area (TPSA) is 250 Å². The molecule has 0 saturated heterocycles. The lowest BCUT2D eigenvalue weighted by Crippen LogP contribution is -2.64. The molecule has 0 aromatic heterocycles. The normalized spacial score (nSPS) is 33.9. The van der Waals surface area contributed by atoms with E-state index in [2.05, 4.69) is 22.5 Å². The Labute approximate surface area is 146 Å². The van der Waals surface area contributed by atoms with Crippen LogP contribution in [0.25, 0.3) is 0 Å². The number of aliphatic hydroxyl groups excluding tert-OH is 1. The second-order valence-corrected chi connectivity index (χ2v) is 8.09. The van der Waals surface area contributed by atoms with Crippen LogP contribution in [0.2, 0.25) is 0 Å². The zero-order chi connectivity index (χ0) is 20.5. The van der Waals surface area contributed by atoms with Crippen LogP contribution >= 0.6 is 0 Å². The molecule has 0 radical (unpaired) electrons. The maximum absolute atomic E-state index is 11.0. The second-order valence-electron chi connectivity index (χ2n) is 4.95. The van der Waals surface area contributed by atoms with Gasteiger partial charge >= 0.3 is 31.2 Å². The number of rotatable bonds is 8. The largest absolute Gasteiger partial charge is 0.397 e. The van der Waals surface area contributed by atoms with Gasteiger partial charge in [0, 0.05) is 5.92 Å². The lowest BCUT2D eigenvalue weighted by Gasteiger charge is -2.44. The van der Waals surface area contributed by atoms with Crippen LogP contribution in [0, 0.1) is 5.92 Å². The molecule has 0 bridgehead atoms. The maximum Gasteiger partial charge on any atom is 0.397 e. The molecule has 0 heterocycles. The first kappa shape index (κ1) is 23.5. The lowest BCUT2D eigenvalue weighted by molar-refractivity contribution is -0.520. The van der Waals surface area contributed by atoms with Gasteiger partial charge in [-0.05, 0) is 0 Å². The molecule has 1 rings (SSSR count). The highest BCUT2D eigenvalue weighted by molar-refractivity contribution is 7.81. The van der Waals surface area contributed by atoms with Crippen LogP contribution in [-0.4, -0.2) is 79.8 Å². The van der Waals surface area contributed by atoms with E-state index in [4.69, 9.17) is 18.9 Å². The molecule has 16 nitrogen and oxygen atoms in total. The minimum atomic E-state index is -5.36. The summed E-state index contributed by atoms with van der Waals surface area (Å²) in [5.74, 6) is -1.64. The lowest BCUT2D eigenvalue weighted by atomic mass is 9.79. The fourth-order valence-corrected chi connectivity index (χ4v) is 3.98. The third-order valence-corrected chi connectivity index (χ3v) is 4.61. The van der Waals surface area contributed by atoms with Crippen molar-refractivity contribution in [2.24, 2.45) is 5.92 Å². The quantitative estimate of drug-likeness (QED) is 0.144. The molecule has 19 heteroatoms. The Hall–Kier alpha value is -0.550. The number of hydrogen-bond acceptors (Lipinski definition) is 13. The van der Waals surface area contributed by atoms with Gasteiger partial charge in [-0.15, -0.1) is 0 Å². The number of aliphatic hydroxyl groups is 1. The van der Waals surface area contributed by atoms with Crippen LogP contribution < -0.4 is 0 Å². The van der Waals surface area contributed by atoms with Gasteiger partial charge in [-0.25, -0.2) is 17.8 Å². The Kier molecular flexibility index (Phi) is 7.42. The van der Waals surface area contributed by atoms with Crippen molar-refractivity contribution in [1.29, 1.82) is 0 Å². The minimum Gasteiger partial charge on any atom is -0.387 e. The predicted molar refractivity (Wildman–Crippen MR) is 73.0 cm³/mol. The van der Waals surface area contributed by atoms with Crippen molar-refractivity contribution in [3.05, 3.63) is 0 Å². The van der Waals surface area contributed by atoms with Gasteiger partial charge in [0.2, 0.25) is 0 Å². The first-order chi connectivity index (χ1) is 11.6. The van der Waals surface area contributed by atoms with Crippen molar-refractivity contribution in [2.45, 2.75) is 37.4 Å². The van der Waals surface area contributed by atoms with Crippen LogP contribution in [-0.2, 0) is 53.7 Å². The van der Waals surface area contributed by atoms with Crippen molar-refractivity contribution in [1.82, 2.24) is 0 Å². The monoisotopic (exact) mass is 450 g/mol. The van der Waals surface area contributed by atoms with Gasteiger partial charge in [-0.3, -0.25) is 13.7 Å². The van der Waals surface area contributed by atoms with Gasteiger partial charge in [0.05, 0.1) is 0 Å². The van der Waals surface area contributed by atoms with Crippen LogP contribution in [0.5, 0.6) is 0 Å². The summed E-state index contributed by atoms with van der Waals surface area (Å²) in [4.78, 5) is 4.08. The van der Waals surface area contributed by atoms with E-state index >= 15 is 0 Å². The average Bonchev–Trinajstić information content (AvgIpc) is 2.40. The molecular weight excluding hydrogens is 436 g/mol. The van der Waals surface area contributed by atoms with Crippen molar-refractivity contribution in [3.63, 3.8) is 0 Å². The molecule has 5 N–H and O–H groups in total. The van der Waals surface area contributed by atoms with Gasteiger partial charge in [0.15, 0.2) is 6.10 Å². The van der Waals surface area contributed by atoms with E-state index in [9.17, 15) is 30.4 Å². The van der Waals surface area contributed by atoms with E-state index in [0.29, 0.717) is 0 Å². The Morgan fingerprint density at radius 1 is 0.692 bits per heavy atom. The van der Waals surface area contributed by atoms with Gasteiger partial charge < -0.3 is 5.11 Å². The zero-order valence-corrected chi connectivity index (χ0v) is 14.9. The minimum absolute atomic E-state index is 0.936. The SMILES string of the molecule is C[C@@H]1[C@@H](OS(=O)(=O)O)[C@H](O)[C@@H](OOO)[C@H](OS(=O)(=O)O)[C@H]1OS(=O)(=O)O. The molecule has 0 unspecified atom stereocenters. The summed E-state index contributed by atoms with van der Waals surface area (Å²) in [7, 11) is -15.9. The van der Waals surface area contributed by atoms with E-state index < -0.39 is 67.6 Å². The molecular formula is C7H14O16S3. The van der Waals surface area contributed by atoms with Crippen LogP contribution in [0.1, 0.15) is 6.92 Å². The molecule has 1 saturated carbocycles. The van der Waals surface area contributed by atoms with Crippen molar-refractivity contribution in [3.8, 4) is 0 Å². The van der Waals surface area contributed by atoms with Crippen LogP contribution in [0.15, 0.2) is 0 Å². The van der Waals surface area contributed by atoms with E-state index in [-0.39, 0.29) is 0 Å². The third kappa shape index (κ3) is 6.88. The van der Waals surface area contributed by atoms with Gasteiger partial charge in [0.1, 0.15) is 24.4 Å². The standard InChI is InChI=1S/C7H14O16S3/c1-2-4(20-24(10,11)12)3(8)6(19-23-9)7(22-26(16,17)18)5(2)21-25(13,14)15/h2-9H,1H3,(H,10,11,12)(H,13,14,15)(H,16,17,18)/t2-,3+,4-,5+,6-,7-/m1/s1. The average molecular weight is 450 g/mol. The predicted octanol–water partition coefficient (Wildman–Crippen LogP) is -2.65. The van der Waals surface area contributed by atoms with E-state index in [1.807, 2.05) is 0 Å². The summed E-state index contributed by atoms with van der Waals surface area (Å²) in [6.45, 7) is 0.936. The summed E-state index contributed by atoms with van der Waals surface area (Å²) >= 11 is 0. The Balaban J connectivity index is 3.43. The first-order valence-corrected chi connectivity index (χ1v) is 10.3. The highest BCUT2D eigenvalue weighted by atomic mass is 32.3. The Morgan fingerprint density at radius 2 is 1.08 bits per heavy atom. The third-order valence-electron chi connectivity index (χ3n) is 3.21. The Bertz CT molecular complexity index is 784. The summed E-state index contributed by atoms with van der Waals surface area (Å²) in [5.41, 5.74) is 0. The molecule has 0 aromatic rings. The van der Waals surface area contributed by atoms with Gasteiger partial charge in [-0.1, -0.05) is 12.0 Å². The fourth-order valence-electron chi connectivity index (χ4n) is 2.34. The molecule has 1 fully saturated rings. The van der Waals surface area contributed by atoms with E-state index in [1.54, 1.807) is 0 Å². The summed E-state index contributed by atoms with van der Waals surface area (Å²) in [6, 6.07) is 0. The molecule has 0 aromatic carbocycles. The second kappa shape index (κ2) is 8.22. The fraction of sp³-hybridized carbons (Fsp3) is 1.00. The van der Waals surface area contributed by atoms with Crippen molar-refractivity contribution in [2.75, 3.05) is 0 Å². The van der Waals surface area contributed by atoms with Gasteiger partial charge in [-0.2, -0.15) is 30.1 Å². The molecule has 26 heavy (non-hydrogen) atoms. The maximum atomic E-state index is 11.0. The molecule has 156 valence electrons. The van der Waals surface area contributed by atoms with Crippen LogP contribution in [0.4, 0.5) is 0 Å². The molecule has 0 spiro atoms. The Morgan fingerprint density at radius 3 is 1.46 bits per heavy atom.